The van der Waals surface area contributed by atoms with Gasteiger partial charge in [0.05, 0.1) is 19.1 Å². The molecule has 0 aliphatic rings. The van der Waals surface area contributed by atoms with Gasteiger partial charge in [-0.2, -0.15) is 0 Å². The molecule has 0 saturated carbocycles. The average molecular weight is 248 g/mol. The summed E-state index contributed by atoms with van der Waals surface area (Å²) in [6.07, 6.45) is -0.536. The van der Waals surface area contributed by atoms with E-state index in [2.05, 4.69) is 4.74 Å². The van der Waals surface area contributed by atoms with Crippen LogP contribution in [0.1, 0.15) is 40.0 Å². The standard InChI is InChI=1S/C12H21FO4/c1-4-16-11(14)9(3)7-6-8-10(13)12(15)17-5-2/h9-10H,4-8H2,1-3H3. The van der Waals surface area contributed by atoms with Gasteiger partial charge in [-0.1, -0.05) is 6.92 Å². The molecule has 100 valence electrons. The average Bonchev–Trinajstić information content (AvgIpc) is 2.29. The van der Waals surface area contributed by atoms with Crippen molar-refractivity contribution in [2.45, 2.75) is 46.2 Å². The van der Waals surface area contributed by atoms with Crippen LogP contribution in [0.15, 0.2) is 0 Å². The van der Waals surface area contributed by atoms with Crippen molar-refractivity contribution in [1.29, 1.82) is 0 Å². The van der Waals surface area contributed by atoms with E-state index in [1.807, 2.05) is 0 Å². The minimum absolute atomic E-state index is 0.0859. The maximum absolute atomic E-state index is 13.2. The number of alkyl halides is 1. The molecule has 0 saturated heterocycles. The van der Waals surface area contributed by atoms with E-state index in [1.54, 1.807) is 20.8 Å². The second kappa shape index (κ2) is 8.96. The molecule has 0 spiro atoms. The maximum Gasteiger partial charge on any atom is 0.340 e. The first-order chi connectivity index (χ1) is 8.02. The molecule has 0 bridgehead atoms. The fourth-order valence-electron chi connectivity index (χ4n) is 1.36. The summed E-state index contributed by atoms with van der Waals surface area (Å²) in [6, 6.07) is 0. The van der Waals surface area contributed by atoms with Crippen molar-refractivity contribution in [3.05, 3.63) is 0 Å². The van der Waals surface area contributed by atoms with Crippen LogP contribution in [-0.4, -0.2) is 31.3 Å². The van der Waals surface area contributed by atoms with Crippen molar-refractivity contribution in [1.82, 2.24) is 0 Å². The molecule has 0 aromatic rings. The van der Waals surface area contributed by atoms with Crippen molar-refractivity contribution >= 4 is 11.9 Å². The lowest BCUT2D eigenvalue weighted by molar-refractivity contribution is -0.149. The highest BCUT2D eigenvalue weighted by molar-refractivity contribution is 5.74. The van der Waals surface area contributed by atoms with Crippen LogP contribution in [0.5, 0.6) is 0 Å². The first-order valence-corrected chi connectivity index (χ1v) is 6.00. The fraction of sp³-hybridized carbons (Fsp3) is 0.833. The van der Waals surface area contributed by atoms with Crippen LogP contribution >= 0.6 is 0 Å². The topological polar surface area (TPSA) is 52.6 Å². The highest BCUT2D eigenvalue weighted by Gasteiger charge is 2.20. The van der Waals surface area contributed by atoms with Crippen LogP contribution in [-0.2, 0) is 19.1 Å². The zero-order chi connectivity index (χ0) is 13.3. The van der Waals surface area contributed by atoms with E-state index in [1.165, 1.54) is 0 Å². The van der Waals surface area contributed by atoms with Crippen molar-refractivity contribution in [3.63, 3.8) is 0 Å². The third-order valence-corrected chi connectivity index (χ3v) is 2.33. The molecule has 17 heavy (non-hydrogen) atoms. The summed E-state index contributed by atoms with van der Waals surface area (Å²) in [7, 11) is 0. The molecule has 4 nitrogen and oxygen atoms in total. The lowest BCUT2D eigenvalue weighted by Gasteiger charge is -2.11. The maximum atomic E-state index is 13.2. The number of hydrogen-bond acceptors (Lipinski definition) is 4. The molecule has 0 heterocycles. The quantitative estimate of drug-likeness (QED) is 0.618. The molecule has 0 radical (unpaired) electrons. The van der Waals surface area contributed by atoms with E-state index in [4.69, 9.17) is 4.74 Å². The minimum atomic E-state index is -1.59. The number of halogens is 1. The van der Waals surface area contributed by atoms with E-state index in [9.17, 15) is 14.0 Å². The summed E-state index contributed by atoms with van der Waals surface area (Å²) >= 11 is 0. The number of rotatable bonds is 8. The molecule has 0 N–H and O–H groups in total. The Balaban J connectivity index is 3.75. The number of carbonyl (C=O) groups is 2. The van der Waals surface area contributed by atoms with Crippen LogP contribution in [0.2, 0.25) is 0 Å². The van der Waals surface area contributed by atoms with Gasteiger partial charge in [-0.15, -0.1) is 0 Å². The van der Waals surface area contributed by atoms with Crippen LogP contribution in [0, 0.1) is 5.92 Å². The van der Waals surface area contributed by atoms with Gasteiger partial charge < -0.3 is 9.47 Å². The Kier molecular flexibility index (Phi) is 8.36. The molecule has 0 amide bonds. The number of carbonyl (C=O) groups excluding carboxylic acids is 2. The molecule has 0 aliphatic carbocycles. The highest BCUT2D eigenvalue weighted by Crippen LogP contribution is 2.13. The number of hydrogen-bond donors (Lipinski definition) is 0. The van der Waals surface area contributed by atoms with Crippen LogP contribution in [0.25, 0.3) is 0 Å². The van der Waals surface area contributed by atoms with Gasteiger partial charge in [0.1, 0.15) is 0 Å². The summed E-state index contributed by atoms with van der Waals surface area (Å²) in [4.78, 5) is 22.2. The monoisotopic (exact) mass is 248 g/mol. The Morgan fingerprint density at radius 2 is 1.59 bits per heavy atom. The van der Waals surface area contributed by atoms with Crippen LogP contribution in [0.4, 0.5) is 4.39 Å². The molecular formula is C12H21FO4. The third kappa shape index (κ3) is 6.92. The Morgan fingerprint density at radius 3 is 2.12 bits per heavy atom. The van der Waals surface area contributed by atoms with Crippen molar-refractivity contribution in [3.8, 4) is 0 Å². The molecule has 0 aliphatic heterocycles. The summed E-state index contributed by atoms with van der Waals surface area (Å²) in [5, 5.41) is 0. The number of esters is 2. The van der Waals surface area contributed by atoms with E-state index < -0.39 is 12.1 Å². The molecule has 0 rings (SSSR count). The van der Waals surface area contributed by atoms with Crippen LogP contribution < -0.4 is 0 Å². The first-order valence-electron chi connectivity index (χ1n) is 6.00. The zero-order valence-corrected chi connectivity index (χ0v) is 10.7. The SMILES string of the molecule is CCOC(=O)C(C)CCCC(F)C(=O)OCC. The molecule has 0 aromatic heterocycles. The lowest BCUT2D eigenvalue weighted by Crippen LogP contribution is -2.20. The molecule has 0 aromatic carbocycles. The molecular weight excluding hydrogens is 227 g/mol. The summed E-state index contributed by atoms with van der Waals surface area (Å²) in [5.41, 5.74) is 0. The lowest BCUT2D eigenvalue weighted by atomic mass is 10.0. The highest BCUT2D eigenvalue weighted by atomic mass is 19.1. The van der Waals surface area contributed by atoms with E-state index in [0.717, 1.165) is 0 Å². The second-order valence-electron chi connectivity index (χ2n) is 3.80. The van der Waals surface area contributed by atoms with Gasteiger partial charge in [0.25, 0.3) is 0 Å². The van der Waals surface area contributed by atoms with Crippen molar-refractivity contribution in [2.24, 2.45) is 5.92 Å². The van der Waals surface area contributed by atoms with E-state index in [-0.39, 0.29) is 24.9 Å². The molecule has 0 fully saturated rings. The predicted octanol–water partition coefficient (Wildman–Crippen LogP) is 2.26. The van der Waals surface area contributed by atoms with Gasteiger partial charge in [-0.3, -0.25) is 4.79 Å². The van der Waals surface area contributed by atoms with Gasteiger partial charge >= 0.3 is 11.9 Å². The summed E-state index contributed by atoms with van der Waals surface area (Å²) in [5.74, 6) is -1.36. The summed E-state index contributed by atoms with van der Waals surface area (Å²) < 4.78 is 22.6. The Morgan fingerprint density at radius 1 is 1.06 bits per heavy atom. The fourth-order valence-corrected chi connectivity index (χ4v) is 1.36. The smallest absolute Gasteiger partial charge is 0.340 e. The summed E-state index contributed by atoms with van der Waals surface area (Å²) in [6.45, 7) is 5.63. The Bertz CT molecular complexity index is 219. The van der Waals surface area contributed by atoms with Gasteiger partial charge in [0.15, 0.2) is 6.17 Å². The van der Waals surface area contributed by atoms with E-state index >= 15 is 0 Å². The minimum Gasteiger partial charge on any atom is -0.466 e. The van der Waals surface area contributed by atoms with E-state index in [0.29, 0.717) is 19.4 Å². The zero-order valence-electron chi connectivity index (χ0n) is 10.7. The third-order valence-electron chi connectivity index (χ3n) is 2.33. The molecule has 2 unspecified atom stereocenters. The van der Waals surface area contributed by atoms with Gasteiger partial charge in [0.2, 0.25) is 0 Å². The number of ether oxygens (including phenoxy) is 2. The Hall–Kier alpha value is -1.13. The predicted molar refractivity (Wildman–Crippen MR) is 61.2 cm³/mol. The first kappa shape index (κ1) is 15.9. The van der Waals surface area contributed by atoms with Crippen molar-refractivity contribution < 1.29 is 23.5 Å². The normalized spacial score (nSPS) is 13.9. The van der Waals surface area contributed by atoms with Crippen LogP contribution in [0.3, 0.4) is 0 Å². The second-order valence-corrected chi connectivity index (χ2v) is 3.80. The van der Waals surface area contributed by atoms with Gasteiger partial charge in [-0.25, -0.2) is 9.18 Å². The van der Waals surface area contributed by atoms with Gasteiger partial charge in [-0.05, 0) is 33.1 Å². The van der Waals surface area contributed by atoms with Gasteiger partial charge in [0, 0.05) is 0 Å². The Labute approximate surface area is 101 Å². The van der Waals surface area contributed by atoms with Crippen molar-refractivity contribution in [2.75, 3.05) is 13.2 Å². The molecule has 2 atom stereocenters. The largest absolute Gasteiger partial charge is 0.466 e. The molecule has 5 heteroatoms.